The molecule has 142 valence electrons. The van der Waals surface area contributed by atoms with Gasteiger partial charge in [0.1, 0.15) is 5.75 Å². The average molecular weight is 374 g/mol. The van der Waals surface area contributed by atoms with Gasteiger partial charge in [0.2, 0.25) is 0 Å². The fourth-order valence-corrected chi connectivity index (χ4v) is 3.63. The molecule has 4 rings (SSSR count). The van der Waals surface area contributed by atoms with Crippen LogP contribution in [-0.2, 0) is 5.54 Å². The minimum atomic E-state index is -1.04. The normalized spacial score (nSPS) is 21.5. The number of guanidine groups is 1. The van der Waals surface area contributed by atoms with E-state index < -0.39 is 11.8 Å². The Hall–Kier alpha value is -3.38. The minimum absolute atomic E-state index is 0.287. The first kappa shape index (κ1) is 18.0. The molecule has 6 nitrogen and oxygen atoms in total. The number of aliphatic hydroxyl groups is 1. The van der Waals surface area contributed by atoms with Crippen LogP contribution in [0.1, 0.15) is 11.1 Å². The molecular weight excluding hydrogens is 352 g/mol. The zero-order valence-corrected chi connectivity index (χ0v) is 15.8. The first-order valence-electron chi connectivity index (χ1n) is 8.98. The summed E-state index contributed by atoms with van der Waals surface area (Å²) in [6.45, 7) is 0. The van der Waals surface area contributed by atoms with Gasteiger partial charge in [0.25, 0.3) is 0 Å². The smallest absolute Gasteiger partial charge is 0.194 e. The number of rotatable bonds is 4. The molecule has 0 amide bonds. The number of nitrogens with zero attached hydrogens (tertiary/aromatic N) is 3. The largest absolute Gasteiger partial charge is 0.497 e. The molecule has 1 aliphatic rings. The van der Waals surface area contributed by atoms with Gasteiger partial charge >= 0.3 is 0 Å². The Morgan fingerprint density at radius 2 is 1.79 bits per heavy atom. The molecule has 0 aliphatic carbocycles. The van der Waals surface area contributed by atoms with E-state index >= 15 is 0 Å². The summed E-state index contributed by atoms with van der Waals surface area (Å²) in [4.78, 5) is 10.5. The van der Waals surface area contributed by atoms with Gasteiger partial charge in [-0.05, 0) is 46.5 Å². The van der Waals surface area contributed by atoms with Crippen molar-refractivity contribution in [1.29, 1.82) is 0 Å². The topological polar surface area (TPSA) is 84.0 Å². The lowest BCUT2D eigenvalue weighted by atomic mass is 9.81. The van der Waals surface area contributed by atoms with E-state index in [0.29, 0.717) is 0 Å². The van der Waals surface area contributed by atoms with Gasteiger partial charge in [-0.15, -0.1) is 0 Å². The number of likely N-dealkylation sites (N-methyl/N-ethyl adjacent to an activating group) is 1. The molecule has 1 aliphatic heterocycles. The van der Waals surface area contributed by atoms with E-state index in [1.807, 2.05) is 66.9 Å². The van der Waals surface area contributed by atoms with Crippen LogP contribution in [0.5, 0.6) is 5.75 Å². The Bertz CT molecular complexity index is 1000. The van der Waals surface area contributed by atoms with E-state index in [2.05, 4.69) is 4.98 Å². The Labute approximate surface area is 163 Å². The molecule has 2 heterocycles. The standard InChI is InChI=1S/C22H22N4O2/c1-26-20(27)22(25-21(26)23,17-8-10-19(28-2)11-9-17)18-7-3-5-15(13-18)16-6-4-12-24-14-16/h3-14,20,27H,1-2H3,(H2,23,25). The van der Waals surface area contributed by atoms with Crippen LogP contribution >= 0.6 is 0 Å². The predicted octanol–water partition coefficient (Wildman–Crippen LogP) is 2.58. The SMILES string of the molecule is COc1ccc(C2(c3cccc(-c4cccnc4)c3)N=C(N)N(C)C2O)cc1. The summed E-state index contributed by atoms with van der Waals surface area (Å²) in [5.41, 5.74) is 8.73. The van der Waals surface area contributed by atoms with Crippen molar-refractivity contribution in [3.8, 4) is 16.9 Å². The van der Waals surface area contributed by atoms with E-state index in [1.54, 1.807) is 25.3 Å². The van der Waals surface area contributed by atoms with Crippen molar-refractivity contribution in [3.05, 3.63) is 84.2 Å². The lowest BCUT2D eigenvalue weighted by molar-refractivity contribution is 0.0311. The Morgan fingerprint density at radius 3 is 2.39 bits per heavy atom. The third kappa shape index (κ3) is 2.78. The zero-order valence-electron chi connectivity index (χ0n) is 15.8. The number of aromatic nitrogens is 1. The lowest BCUT2D eigenvalue weighted by Crippen LogP contribution is -2.45. The second kappa shape index (κ2) is 6.98. The number of pyridine rings is 1. The second-order valence-electron chi connectivity index (χ2n) is 6.77. The highest BCUT2D eigenvalue weighted by molar-refractivity contribution is 5.82. The number of nitrogens with two attached hydrogens (primary N) is 1. The number of methoxy groups -OCH3 is 1. The van der Waals surface area contributed by atoms with Gasteiger partial charge in [-0.2, -0.15) is 0 Å². The summed E-state index contributed by atoms with van der Waals surface area (Å²) in [7, 11) is 3.36. The quantitative estimate of drug-likeness (QED) is 0.733. The minimum Gasteiger partial charge on any atom is -0.497 e. The maximum absolute atomic E-state index is 11.2. The fourth-order valence-electron chi connectivity index (χ4n) is 3.63. The van der Waals surface area contributed by atoms with Gasteiger partial charge in [-0.25, -0.2) is 4.99 Å². The molecule has 3 aromatic rings. The van der Waals surface area contributed by atoms with Gasteiger partial charge in [0, 0.05) is 19.4 Å². The molecule has 6 heteroatoms. The summed E-state index contributed by atoms with van der Waals surface area (Å²) < 4.78 is 5.28. The highest BCUT2D eigenvalue weighted by Crippen LogP contribution is 2.43. The lowest BCUT2D eigenvalue weighted by Gasteiger charge is -2.33. The highest BCUT2D eigenvalue weighted by atomic mass is 16.5. The molecule has 3 N–H and O–H groups in total. The molecule has 0 bridgehead atoms. The Kier molecular flexibility index (Phi) is 4.49. The van der Waals surface area contributed by atoms with E-state index in [0.717, 1.165) is 28.0 Å². The van der Waals surface area contributed by atoms with E-state index in [1.165, 1.54) is 0 Å². The van der Waals surface area contributed by atoms with Crippen LogP contribution in [-0.4, -0.2) is 41.3 Å². The molecule has 2 atom stereocenters. The molecule has 1 aromatic heterocycles. The molecule has 0 saturated carbocycles. The molecule has 28 heavy (non-hydrogen) atoms. The second-order valence-corrected chi connectivity index (χ2v) is 6.77. The monoisotopic (exact) mass is 374 g/mol. The van der Waals surface area contributed by atoms with Crippen LogP contribution in [0.2, 0.25) is 0 Å². The van der Waals surface area contributed by atoms with Crippen LogP contribution in [0.4, 0.5) is 0 Å². The first-order chi connectivity index (χ1) is 13.6. The molecular formula is C22H22N4O2. The number of ether oxygens (including phenoxy) is 1. The van der Waals surface area contributed by atoms with E-state index in [-0.39, 0.29) is 5.96 Å². The number of hydrogen-bond acceptors (Lipinski definition) is 6. The highest BCUT2D eigenvalue weighted by Gasteiger charge is 2.49. The Balaban J connectivity index is 1.90. The number of aliphatic imine (C=N–C) groups is 1. The number of aliphatic hydroxyl groups excluding tert-OH is 1. The summed E-state index contributed by atoms with van der Waals surface area (Å²) in [5.74, 6) is 1.02. The molecule has 2 aromatic carbocycles. The van der Waals surface area contributed by atoms with Crippen LogP contribution in [0.15, 0.2) is 78.0 Å². The van der Waals surface area contributed by atoms with Gasteiger partial charge < -0.3 is 20.5 Å². The van der Waals surface area contributed by atoms with Crippen LogP contribution in [0.3, 0.4) is 0 Å². The number of hydrogen-bond donors (Lipinski definition) is 2. The van der Waals surface area contributed by atoms with Gasteiger partial charge in [-0.3, -0.25) is 4.98 Å². The molecule has 0 fully saturated rings. The van der Waals surface area contributed by atoms with Crippen molar-refractivity contribution in [2.75, 3.05) is 14.2 Å². The first-order valence-corrected chi connectivity index (χ1v) is 8.98. The van der Waals surface area contributed by atoms with Gasteiger partial charge in [0.15, 0.2) is 17.7 Å². The molecule has 0 saturated heterocycles. The van der Waals surface area contributed by atoms with Crippen molar-refractivity contribution in [1.82, 2.24) is 9.88 Å². The summed E-state index contributed by atoms with van der Waals surface area (Å²) >= 11 is 0. The average Bonchev–Trinajstić information content (AvgIpc) is 2.99. The van der Waals surface area contributed by atoms with Gasteiger partial charge in [-0.1, -0.05) is 36.4 Å². The van der Waals surface area contributed by atoms with Crippen molar-refractivity contribution in [3.63, 3.8) is 0 Å². The summed E-state index contributed by atoms with van der Waals surface area (Å²) in [6.07, 6.45) is 2.62. The van der Waals surface area contributed by atoms with Crippen molar-refractivity contribution < 1.29 is 9.84 Å². The maximum atomic E-state index is 11.2. The number of benzene rings is 2. The van der Waals surface area contributed by atoms with Crippen LogP contribution in [0.25, 0.3) is 11.1 Å². The molecule has 0 radical (unpaired) electrons. The fraction of sp³-hybridized carbons (Fsp3) is 0.182. The van der Waals surface area contributed by atoms with E-state index in [4.69, 9.17) is 15.5 Å². The summed E-state index contributed by atoms with van der Waals surface area (Å²) in [6, 6.07) is 19.4. The molecule has 0 spiro atoms. The van der Waals surface area contributed by atoms with Gasteiger partial charge in [0.05, 0.1) is 7.11 Å². The Morgan fingerprint density at radius 1 is 1.04 bits per heavy atom. The van der Waals surface area contributed by atoms with E-state index in [9.17, 15) is 5.11 Å². The molecule has 2 unspecified atom stereocenters. The van der Waals surface area contributed by atoms with Crippen molar-refractivity contribution in [2.24, 2.45) is 10.7 Å². The summed E-state index contributed by atoms with van der Waals surface area (Å²) in [5, 5.41) is 11.2. The third-order valence-corrected chi connectivity index (χ3v) is 5.22. The predicted molar refractivity (Wildman–Crippen MR) is 109 cm³/mol. The zero-order chi connectivity index (χ0) is 19.7. The van der Waals surface area contributed by atoms with Crippen molar-refractivity contribution in [2.45, 2.75) is 11.8 Å². The van der Waals surface area contributed by atoms with Crippen LogP contribution < -0.4 is 10.5 Å². The van der Waals surface area contributed by atoms with Crippen LogP contribution in [0, 0.1) is 0 Å². The maximum Gasteiger partial charge on any atom is 0.194 e. The van der Waals surface area contributed by atoms with Crippen molar-refractivity contribution >= 4 is 5.96 Å². The third-order valence-electron chi connectivity index (χ3n) is 5.22.